The van der Waals surface area contributed by atoms with E-state index in [0.29, 0.717) is 5.82 Å². The van der Waals surface area contributed by atoms with Crippen molar-refractivity contribution in [3.8, 4) is 0 Å². The monoisotopic (exact) mass is 256 g/mol. The summed E-state index contributed by atoms with van der Waals surface area (Å²) in [6.07, 6.45) is 1.47. The molecule has 0 saturated carbocycles. The van der Waals surface area contributed by atoms with Gasteiger partial charge in [-0.15, -0.1) is 0 Å². The van der Waals surface area contributed by atoms with Gasteiger partial charge < -0.3 is 15.0 Å². The van der Waals surface area contributed by atoms with Crippen LogP contribution < -0.4 is 5.32 Å². The molecule has 6 nitrogen and oxygen atoms in total. The Balaban J connectivity index is 2.07. The quantitative estimate of drug-likeness (QED) is 0.697. The van der Waals surface area contributed by atoms with E-state index in [1.807, 2.05) is 24.3 Å². The first-order valence-corrected chi connectivity index (χ1v) is 5.81. The van der Waals surface area contributed by atoms with Gasteiger partial charge in [-0.1, -0.05) is 18.2 Å². The number of aromatic amines is 1. The molecule has 2 heterocycles. The van der Waals surface area contributed by atoms with Crippen LogP contribution >= 0.6 is 0 Å². The van der Waals surface area contributed by atoms with Crippen molar-refractivity contribution in [2.45, 2.75) is 0 Å². The number of hydrogen-bond donors (Lipinski definition) is 2. The number of carbonyl (C=O) groups is 1. The maximum Gasteiger partial charge on any atom is 0.325 e. The van der Waals surface area contributed by atoms with E-state index in [-0.39, 0.29) is 12.5 Å². The number of rotatable bonds is 3. The van der Waals surface area contributed by atoms with Crippen molar-refractivity contribution in [3.05, 3.63) is 30.6 Å². The number of aromatic nitrogens is 3. The first-order valence-electron chi connectivity index (χ1n) is 5.81. The summed E-state index contributed by atoms with van der Waals surface area (Å²) in [6.45, 7) is 0.0674. The van der Waals surface area contributed by atoms with Gasteiger partial charge in [-0.05, 0) is 6.07 Å². The number of H-pyrrole nitrogens is 1. The highest BCUT2D eigenvalue weighted by molar-refractivity contribution is 6.08. The number of anilines is 1. The molecule has 0 aliphatic heterocycles. The fourth-order valence-electron chi connectivity index (χ4n) is 2.00. The molecule has 3 rings (SSSR count). The average Bonchev–Trinajstić information content (AvgIpc) is 2.84. The summed E-state index contributed by atoms with van der Waals surface area (Å²) in [5.41, 5.74) is 2.60. The summed E-state index contributed by atoms with van der Waals surface area (Å²) in [5.74, 6) is 0.245. The van der Waals surface area contributed by atoms with Gasteiger partial charge in [0.15, 0.2) is 5.82 Å². The number of para-hydroxylation sites is 1. The van der Waals surface area contributed by atoms with Crippen molar-refractivity contribution in [2.24, 2.45) is 0 Å². The van der Waals surface area contributed by atoms with E-state index in [9.17, 15) is 4.79 Å². The van der Waals surface area contributed by atoms with E-state index in [1.54, 1.807) is 0 Å². The Bertz CT molecular complexity index is 751. The topological polar surface area (TPSA) is 79.9 Å². The number of nitrogens with zero attached hydrogens (tertiary/aromatic N) is 2. The number of hydrogen-bond acceptors (Lipinski definition) is 5. The molecule has 3 aromatic rings. The molecule has 0 fully saturated rings. The molecule has 96 valence electrons. The first kappa shape index (κ1) is 11.5. The molecule has 0 radical (unpaired) electrons. The van der Waals surface area contributed by atoms with Crippen molar-refractivity contribution < 1.29 is 9.53 Å². The lowest BCUT2D eigenvalue weighted by atomic mass is 10.2. The largest absolute Gasteiger partial charge is 0.468 e. The average molecular weight is 256 g/mol. The number of fused-ring (bicyclic) bond motifs is 3. The van der Waals surface area contributed by atoms with Gasteiger partial charge in [0, 0.05) is 10.9 Å². The van der Waals surface area contributed by atoms with E-state index in [2.05, 4.69) is 25.0 Å². The van der Waals surface area contributed by atoms with Crippen LogP contribution in [0.3, 0.4) is 0 Å². The molecule has 2 aromatic heterocycles. The maximum atomic E-state index is 11.2. The molecule has 0 spiro atoms. The number of esters is 1. The van der Waals surface area contributed by atoms with Gasteiger partial charge in [0.1, 0.15) is 23.9 Å². The minimum absolute atomic E-state index is 0.0674. The van der Waals surface area contributed by atoms with E-state index in [1.165, 1.54) is 13.4 Å². The fourth-order valence-corrected chi connectivity index (χ4v) is 2.00. The Morgan fingerprint density at radius 1 is 1.37 bits per heavy atom. The third-order valence-electron chi connectivity index (χ3n) is 2.92. The van der Waals surface area contributed by atoms with Gasteiger partial charge in [0.05, 0.1) is 7.11 Å². The summed E-state index contributed by atoms with van der Waals surface area (Å²) < 4.78 is 4.59. The molecule has 6 heteroatoms. The lowest BCUT2D eigenvalue weighted by Crippen LogP contribution is -2.15. The number of carbonyl (C=O) groups excluding carboxylic acids is 1. The van der Waals surface area contributed by atoms with Crippen LogP contribution in [0.1, 0.15) is 0 Å². The molecule has 0 atom stereocenters. The Morgan fingerprint density at radius 3 is 3.05 bits per heavy atom. The Morgan fingerprint density at radius 2 is 2.21 bits per heavy atom. The molecule has 0 aliphatic rings. The second kappa shape index (κ2) is 4.56. The summed E-state index contributed by atoms with van der Waals surface area (Å²) in [7, 11) is 1.35. The lowest BCUT2D eigenvalue weighted by molar-refractivity contribution is -0.138. The zero-order valence-electron chi connectivity index (χ0n) is 10.3. The zero-order chi connectivity index (χ0) is 13.2. The van der Waals surface area contributed by atoms with Gasteiger partial charge in [0.2, 0.25) is 0 Å². The molecule has 2 N–H and O–H groups in total. The van der Waals surface area contributed by atoms with Crippen molar-refractivity contribution in [2.75, 3.05) is 19.0 Å². The molecule has 0 bridgehead atoms. The predicted molar refractivity (Wildman–Crippen MR) is 71.9 cm³/mol. The van der Waals surface area contributed by atoms with Gasteiger partial charge in [-0.25, -0.2) is 9.97 Å². The molecule has 19 heavy (non-hydrogen) atoms. The van der Waals surface area contributed by atoms with Gasteiger partial charge in [-0.2, -0.15) is 0 Å². The first-order chi connectivity index (χ1) is 9.29. The van der Waals surface area contributed by atoms with E-state index in [4.69, 9.17) is 0 Å². The van der Waals surface area contributed by atoms with Gasteiger partial charge >= 0.3 is 5.97 Å². The van der Waals surface area contributed by atoms with E-state index < -0.39 is 0 Å². The third kappa shape index (κ3) is 1.97. The summed E-state index contributed by atoms with van der Waals surface area (Å²) in [5, 5.41) is 3.97. The molecular formula is C13H12N4O2. The minimum Gasteiger partial charge on any atom is -0.468 e. The highest BCUT2D eigenvalue weighted by Gasteiger charge is 2.10. The second-order valence-corrected chi connectivity index (χ2v) is 4.05. The van der Waals surface area contributed by atoms with Crippen LogP contribution in [-0.4, -0.2) is 34.6 Å². The molecule has 0 amide bonds. The highest BCUT2D eigenvalue weighted by atomic mass is 16.5. The maximum absolute atomic E-state index is 11.2. The van der Waals surface area contributed by atoms with Gasteiger partial charge in [0.25, 0.3) is 0 Å². The second-order valence-electron chi connectivity index (χ2n) is 4.05. The Kier molecular flexibility index (Phi) is 2.75. The van der Waals surface area contributed by atoms with Crippen LogP contribution in [-0.2, 0) is 9.53 Å². The van der Waals surface area contributed by atoms with Crippen molar-refractivity contribution >= 4 is 33.7 Å². The van der Waals surface area contributed by atoms with Crippen LogP contribution in [0, 0.1) is 0 Å². The van der Waals surface area contributed by atoms with Crippen molar-refractivity contribution in [1.29, 1.82) is 0 Å². The number of nitrogens with one attached hydrogen (secondary N) is 2. The van der Waals surface area contributed by atoms with Crippen LogP contribution in [0.25, 0.3) is 21.9 Å². The van der Waals surface area contributed by atoms with Crippen molar-refractivity contribution in [3.63, 3.8) is 0 Å². The fraction of sp³-hybridized carbons (Fsp3) is 0.154. The molecule has 0 aliphatic carbocycles. The number of methoxy groups -OCH3 is 1. The lowest BCUT2D eigenvalue weighted by Gasteiger charge is -2.04. The molecular weight excluding hydrogens is 244 g/mol. The minimum atomic E-state index is -0.345. The van der Waals surface area contributed by atoms with E-state index >= 15 is 0 Å². The Labute approximate surface area is 108 Å². The smallest absolute Gasteiger partial charge is 0.325 e. The van der Waals surface area contributed by atoms with Crippen molar-refractivity contribution in [1.82, 2.24) is 15.0 Å². The number of ether oxygens (including phenoxy) is 1. The van der Waals surface area contributed by atoms with Crippen LogP contribution in [0.15, 0.2) is 30.6 Å². The zero-order valence-corrected chi connectivity index (χ0v) is 10.3. The van der Waals surface area contributed by atoms with Gasteiger partial charge in [-0.3, -0.25) is 4.79 Å². The standard InChI is InChI=1S/C13H12N4O2/c1-19-10(18)6-14-13-12-11(15-7-16-13)8-4-2-3-5-9(8)17-12/h2-5,7,17H,6H2,1H3,(H,14,15,16). The third-order valence-corrected chi connectivity index (χ3v) is 2.92. The summed E-state index contributed by atoms with van der Waals surface area (Å²) in [6, 6.07) is 7.87. The highest BCUT2D eigenvalue weighted by Crippen LogP contribution is 2.26. The summed E-state index contributed by atoms with van der Waals surface area (Å²) in [4.78, 5) is 22.8. The van der Waals surface area contributed by atoms with Crippen LogP contribution in [0.2, 0.25) is 0 Å². The van der Waals surface area contributed by atoms with Crippen LogP contribution in [0.4, 0.5) is 5.82 Å². The number of benzene rings is 1. The summed E-state index contributed by atoms with van der Waals surface area (Å²) >= 11 is 0. The molecule has 0 saturated heterocycles. The molecule has 0 unspecified atom stereocenters. The normalized spacial score (nSPS) is 10.8. The predicted octanol–water partition coefficient (Wildman–Crippen LogP) is 1.70. The SMILES string of the molecule is COC(=O)CNc1ncnc2c1[nH]c1ccccc12. The molecule has 1 aromatic carbocycles. The van der Waals surface area contributed by atoms with Crippen LogP contribution in [0.5, 0.6) is 0 Å². The van der Waals surface area contributed by atoms with E-state index in [0.717, 1.165) is 21.9 Å². The Hall–Kier alpha value is -2.63.